The summed E-state index contributed by atoms with van der Waals surface area (Å²) >= 11 is 3.46. The second-order valence-corrected chi connectivity index (χ2v) is 5.55. The molecule has 1 aromatic carbocycles. The molecule has 0 aliphatic rings. The van der Waals surface area contributed by atoms with Gasteiger partial charge in [0.2, 0.25) is 5.91 Å². The van der Waals surface area contributed by atoms with Crippen LogP contribution >= 0.6 is 15.9 Å². The molecule has 0 radical (unpaired) electrons. The van der Waals surface area contributed by atoms with Gasteiger partial charge in [-0.2, -0.15) is 0 Å². The van der Waals surface area contributed by atoms with Gasteiger partial charge in [-0.15, -0.1) is 0 Å². The number of nitrogens with two attached hydrogens (primary N) is 1. The average molecular weight is 299 g/mol. The smallest absolute Gasteiger partial charge is 0.241 e. The molecule has 94 valence electrons. The Labute approximate surface area is 111 Å². The van der Waals surface area contributed by atoms with Crippen LogP contribution in [0.2, 0.25) is 0 Å². The zero-order valence-electron chi connectivity index (χ0n) is 10.7. The quantitative estimate of drug-likeness (QED) is 0.901. The highest BCUT2D eigenvalue weighted by molar-refractivity contribution is 9.10. The number of benzene rings is 1. The maximum absolute atomic E-state index is 11.9. The molecule has 3 N–H and O–H groups in total. The first-order valence-corrected chi connectivity index (χ1v) is 6.45. The lowest BCUT2D eigenvalue weighted by Crippen LogP contribution is -2.40. The Hall–Kier alpha value is -0.870. The lowest BCUT2D eigenvalue weighted by Gasteiger charge is -2.17. The van der Waals surface area contributed by atoms with E-state index in [-0.39, 0.29) is 11.8 Å². The molecule has 0 fully saturated rings. The van der Waals surface area contributed by atoms with Crippen molar-refractivity contribution in [2.45, 2.75) is 33.7 Å². The molecule has 0 heterocycles. The Morgan fingerprint density at radius 2 is 1.94 bits per heavy atom. The van der Waals surface area contributed by atoms with Crippen molar-refractivity contribution in [2.24, 2.45) is 11.7 Å². The van der Waals surface area contributed by atoms with Gasteiger partial charge in [0, 0.05) is 4.47 Å². The highest BCUT2D eigenvalue weighted by Crippen LogP contribution is 2.27. The number of halogens is 1. The number of carbonyl (C=O) groups is 1. The molecule has 0 spiro atoms. The number of amides is 1. The summed E-state index contributed by atoms with van der Waals surface area (Å²) in [6, 6.07) is 3.52. The largest absolute Gasteiger partial charge is 0.323 e. The number of rotatable bonds is 3. The van der Waals surface area contributed by atoms with Gasteiger partial charge in [-0.05, 0) is 52.9 Å². The van der Waals surface area contributed by atoms with Gasteiger partial charge >= 0.3 is 0 Å². The Morgan fingerprint density at radius 1 is 1.35 bits per heavy atom. The summed E-state index contributed by atoms with van der Waals surface area (Å²) in [4.78, 5) is 11.9. The first-order valence-electron chi connectivity index (χ1n) is 5.66. The molecule has 0 aromatic heterocycles. The van der Waals surface area contributed by atoms with Gasteiger partial charge in [0.15, 0.2) is 0 Å². The summed E-state index contributed by atoms with van der Waals surface area (Å²) in [5.74, 6) is -0.0211. The summed E-state index contributed by atoms with van der Waals surface area (Å²) in [7, 11) is 0. The molecule has 1 unspecified atom stereocenters. The van der Waals surface area contributed by atoms with E-state index in [4.69, 9.17) is 5.73 Å². The van der Waals surface area contributed by atoms with Gasteiger partial charge in [0.05, 0.1) is 11.7 Å². The fraction of sp³-hybridized carbons (Fsp3) is 0.462. The maximum atomic E-state index is 11.9. The standard InChI is InChI=1S/C13H19BrN2O/c1-7(2)11(15)13(17)16-12-9(4)5-8(3)6-10(12)14/h5-7,11H,15H2,1-4H3,(H,16,17). The van der Waals surface area contributed by atoms with E-state index in [1.807, 2.05) is 39.8 Å². The molecule has 0 saturated heterocycles. The van der Waals surface area contributed by atoms with Crippen molar-refractivity contribution in [3.63, 3.8) is 0 Å². The van der Waals surface area contributed by atoms with E-state index >= 15 is 0 Å². The molecule has 0 aliphatic carbocycles. The molecule has 1 atom stereocenters. The zero-order valence-corrected chi connectivity index (χ0v) is 12.3. The van der Waals surface area contributed by atoms with Crippen LogP contribution in [0.4, 0.5) is 5.69 Å². The third kappa shape index (κ3) is 3.54. The van der Waals surface area contributed by atoms with Crippen LogP contribution in [0.3, 0.4) is 0 Å². The Balaban J connectivity index is 2.93. The Bertz CT molecular complexity index is 406. The molecule has 0 saturated carbocycles. The number of hydrogen-bond donors (Lipinski definition) is 2. The van der Waals surface area contributed by atoms with Gasteiger partial charge in [-0.1, -0.05) is 19.9 Å². The topological polar surface area (TPSA) is 55.1 Å². The van der Waals surface area contributed by atoms with Crippen molar-refractivity contribution in [1.82, 2.24) is 0 Å². The molecule has 1 rings (SSSR count). The maximum Gasteiger partial charge on any atom is 0.241 e. The molecular weight excluding hydrogens is 280 g/mol. The van der Waals surface area contributed by atoms with E-state index in [0.717, 1.165) is 21.3 Å². The minimum Gasteiger partial charge on any atom is -0.323 e. The van der Waals surface area contributed by atoms with Crippen LogP contribution in [0.15, 0.2) is 16.6 Å². The first kappa shape index (κ1) is 14.2. The minimum atomic E-state index is -0.484. The molecule has 1 aromatic rings. The van der Waals surface area contributed by atoms with Crippen LogP contribution in [0.5, 0.6) is 0 Å². The first-order chi connectivity index (χ1) is 7.82. The van der Waals surface area contributed by atoms with E-state index in [9.17, 15) is 4.79 Å². The van der Waals surface area contributed by atoms with Gasteiger partial charge in [0.1, 0.15) is 0 Å². The predicted molar refractivity (Wildman–Crippen MR) is 75.1 cm³/mol. The van der Waals surface area contributed by atoms with E-state index in [1.54, 1.807) is 0 Å². The Morgan fingerprint density at radius 3 is 2.41 bits per heavy atom. The van der Waals surface area contributed by atoms with Crippen LogP contribution < -0.4 is 11.1 Å². The van der Waals surface area contributed by atoms with Crippen molar-refractivity contribution in [3.8, 4) is 0 Å². The van der Waals surface area contributed by atoms with Crippen molar-refractivity contribution in [3.05, 3.63) is 27.7 Å². The number of aryl methyl sites for hydroxylation is 2. The minimum absolute atomic E-state index is 0.125. The molecule has 17 heavy (non-hydrogen) atoms. The number of nitrogens with one attached hydrogen (secondary N) is 1. The number of anilines is 1. The van der Waals surface area contributed by atoms with E-state index in [2.05, 4.69) is 21.2 Å². The molecule has 0 bridgehead atoms. The highest BCUT2D eigenvalue weighted by atomic mass is 79.9. The summed E-state index contributed by atoms with van der Waals surface area (Å²) < 4.78 is 0.888. The fourth-order valence-corrected chi connectivity index (χ4v) is 2.36. The van der Waals surface area contributed by atoms with E-state index in [0.29, 0.717) is 0 Å². The predicted octanol–water partition coefficient (Wildman–Crippen LogP) is 2.99. The van der Waals surface area contributed by atoms with Crippen LogP contribution in [0.1, 0.15) is 25.0 Å². The van der Waals surface area contributed by atoms with Crippen LogP contribution in [-0.2, 0) is 4.79 Å². The Kier molecular flexibility index (Phi) is 4.71. The molecule has 3 nitrogen and oxygen atoms in total. The number of carbonyl (C=O) groups excluding carboxylic acids is 1. The van der Waals surface area contributed by atoms with Gasteiger partial charge < -0.3 is 11.1 Å². The van der Waals surface area contributed by atoms with Gasteiger partial charge in [-0.25, -0.2) is 0 Å². The normalized spacial score (nSPS) is 12.6. The fourth-order valence-electron chi connectivity index (χ4n) is 1.58. The summed E-state index contributed by atoms with van der Waals surface area (Å²) in [6.07, 6.45) is 0. The van der Waals surface area contributed by atoms with Crippen molar-refractivity contribution in [1.29, 1.82) is 0 Å². The van der Waals surface area contributed by atoms with Gasteiger partial charge in [0.25, 0.3) is 0 Å². The third-order valence-corrected chi connectivity index (χ3v) is 3.33. The lowest BCUT2D eigenvalue weighted by atomic mass is 10.0. The van der Waals surface area contributed by atoms with Crippen LogP contribution in [0, 0.1) is 19.8 Å². The molecule has 0 aliphatic heterocycles. The van der Waals surface area contributed by atoms with E-state index < -0.39 is 6.04 Å². The zero-order chi connectivity index (χ0) is 13.2. The monoisotopic (exact) mass is 298 g/mol. The lowest BCUT2D eigenvalue weighted by molar-refractivity contribution is -0.118. The molecular formula is C13H19BrN2O. The summed E-state index contributed by atoms with van der Waals surface area (Å²) in [5, 5.41) is 2.88. The summed E-state index contributed by atoms with van der Waals surface area (Å²) in [5.41, 5.74) is 8.80. The third-order valence-electron chi connectivity index (χ3n) is 2.70. The van der Waals surface area contributed by atoms with Crippen LogP contribution in [-0.4, -0.2) is 11.9 Å². The SMILES string of the molecule is Cc1cc(C)c(NC(=O)C(N)C(C)C)c(Br)c1. The highest BCUT2D eigenvalue weighted by Gasteiger charge is 2.18. The van der Waals surface area contributed by atoms with Gasteiger partial charge in [-0.3, -0.25) is 4.79 Å². The average Bonchev–Trinajstić information content (AvgIpc) is 2.21. The van der Waals surface area contributed by atoms with Crippen molar-refractivity contribution in [2.75, 3.05) is 5.32 Å². The second-order valence-electron chi connectivity index (χ2n) is 4.70. The van der Waals surface area contributed by atoms with Crippen molar-refractivity contribution >= 4 is 27.5 Å². The van der Waals surface area contributed by atoms with Crippen molar-refractivity contribution < 1.29 is 4.79 Å². The molecule has 4 heteroatoms. The number of hydrogen-bond acceptors (Lipinski definition) is 2. The second kappa shape index (κ2) is 5.65. The molecule has 1 amide bonds. The van der Waals surface area contributed by atoms with E-state index in [1.165, 1.54) is 0 Å². The van der Waals surface area contributed by atoms with Crippen LogP contribution in [0.25, 0.3) is 0 Å². The summed E-state index contributed by atoms with van der Waals surface area (Å²) in [6.45, 7) is 7.85.